The predicted octanol–water partition coefficient (Wildman–Crippen LogP) is 2.12. The molecule has 0 fully saturated rings. The first-order chi connectivity index (χ1) is 9.16. The van der Waals surface area contributed by atoms with Crippen LogP contribution in [0.4, 0.5) is 0 Å². The minimum atomic E-state index is -0.478. The third-order valence-corrected chi connectivity index (χ3v) is 3.53. The number of nitrogens with one attached hydrogen (secondary N) is 1. The zero-order chi connectivity index (χ0) is 13.4. The number of phenolic OH excluding ortho intramolecular Hbond substituents is 3. The normalized spacial score (nSPS) is 14.1. The van der Waals surface area contributed by atoms with Crippen molar-refractivity contribution in [3.8, 4) is 28.4 Å². The Morgan fingerprint density at radius 3 is 2.58 bits per heavy atom. The molecule has 4 N–H and O–H groups in total. The molecule has 0 amide bonds. The Bertz CT molecular complexity index is 638. The number of aromatic hydroxyl groups is 3. The molecule has 0 saturated carbocycles. The van der Waals surface area contributed by atoms with E-state index in [4.69, 9.17) is 0 Å². The number of rotatable bonds is 1. The average molecular weight is 257 g/mol. The van der Waals surface area contributed by atoms with Crippen LogP contribution in [-0.4, -0.2) is 21.9 Å². The summed E-state index contributed by atoms with van der Waals surface area (Å²) in [4.78, 5) is 0. The van der Waals surface area contributed by atoms with Gasteiger partial charge in [0.05, 0.1) is 0 Å². The maximum absolute atomic E-state index is 9.91. The molecule has 1 aliphatic heterocycles. The molecule has 98 valence electrons. The van der Waals surface area contributed by atoms with Gasteiger partial charge in [-0.2, -0.15) is 0 Å². The Labute approximate surface area is 111 Å². The van der Waals surface area contributed by atoms with Gasteiger partial charge in [0.25, 0.3) is 0 Å². The Kier molecular flexibility index (Phi) is 2.80. The van der Waals surface area contributed by atoms with Crippen molar-refractivity contribution in [1.29, 1.82) is 0 Å². The van der Waals surface area contributed by atoms with Gasteiger partial charge in [-0.25, -0.2) is 0 Å². The Morgan fingerprint density at radius 1 is 0.895 bits per heavy atom. The van der Waals surface area contributed by atoms with E-state index in [0.29, 0.717) is 5.56 Å². The van der Waals surface area contributed by atoms with E-state index in [1.165, 1.54) is 17.2 Å². The van der Waals surface area contributed by atoms with Gasteiger partial charge in [0.2, 0.25) is 5.75 Å². The maximum Gasteiger partial charge on any atom is 0.200 e. The highest BCUT2D eigenvalue weighted by Gasteiger charge is 2.15. The van der Waals surface area contributed by atoms with Gasteiger partial charge in [-0.05, 0) is 47.9 Å². The average Bonchev–Trinajstić information content (AvgIpc) is 2.44. The van der Waals surface area contributed by atoms with Crippen LogP contribution in [0.2, 0.25) is 0 Å². The molecule has 0 bridgehead atoms. The minimum absolute atomic E-state index is 0.288. The van der Waals surface area contributed by atoms with E-state index in [1.54, 1.807) is 6.07 Å². The summed E-state index contributed by atoms with van der Waals surface area (Å²) in [6.45, 7) is 1.80. The fraction of sp³-hybridized carbons (Fsp3) is 0.200. The van der Waals surface area contributed by atoms with Gasteiger partial charge in [0, 0.05) is 12.1 Å². The lowest BCUT2D eigenvalue weighted by Crippen LogP contribution is -2.23. The molecule has 19 heavy (non-hydrogen) atoms. The third-order valence-electron chi connectivity index (χ3n) is 3.53. The summed E-state index contributed by atoms with van der Waals surface area (Å²) in [5, 5.41) is 32.1. The predicted molar refractivity (Wildman–Crippen MR) is 72.3 cm³/mol. The van der Waals surface area contributed by atoms with E-state index in [9.17, 15) is 15.3 Å². The molecule has 1 aliphatic rings. The molecule has 0 aliphatic carbocycles. The van der Waals surface area contributed by atoms with Gasteiger partial charge in [-0.1, -0.05) is 12.1 Å². The highest BCUT2D eigenvalue weighted by atomic mass is 16.3. The molecule has 0 spiro atoms. The molecule has 0 atom stereocenters. The van der Waals surface area contributed by atoms with Crippen molar-refractivity contribution in [3.63, 3.8) is 0 Å². The third kappa shape index (κ3) is 2.00. The lowest BCUT2D eigenvalue weighted by Gasteiger charge is -2.18. The van der Waals surface area contributed by atoms with Crippen molar-refractivity contribution in [2.45, 2.75) is 13.0 Å². The minimum Gasteiger partial charge on any atom is -0.504 e. The summed E-state index contributed by atoms with van der Waals surface area (Å²) in [5.41, 5.74) is 3.86. The summed E-state index contributed by atoms with van der Waals surface area (Å²) < 4.78 is 0. The molecule has 0 unspecified atom stereocenters. The quantitative estimate of drug-likeness (QED) is 0.590. The first kappa shape index (κ1) is 11.9. The van der Waals surface area contributed by atoms with E-state index >= 15 is 0 Å². The molecule has 3 rings (SSSR count). The fourth-order valence-corrected chi connectivity index (χ4v) is 2.45. The molecule has 2 aromatic carbocycles. The van der Waals surface area contributed by atoms with Crippen LogP contribution in [0.3, 0.4) is 0 Å². The lowest BCUT2D eigenvalue weighted by molar-refractivity contribution is 0.369. The fourth-order valence-electron chi connectivity index (χ4n) is 2.45. The van der Waals surface area contributed by atoms with Crippen LogP contribution in [0.25, 0.3) is 11.1 Å². The van der Waals surface area contributed by atoms with Gasteiger partial charge in [-0.3, -0.25) is 0 Å². The van der Waals surface area contributed by atoms with Crippen molar-refractivity contribution in [2.75, 3.05) is 6.54 Å². The van der Waals surface area contributed by atoms with Gasteiger partial charge < -0.3 is 20.6 Å². The molecular weight excluding hydrogens is 242 g/mol. The molecule has 1 heterocycles. The topological polar surface area (TPSA) is 72.7 Å². The second-order valence-electron chi connectivity index (χ2n) is 4.74. The highest BCUT2D eigenvalue weighted by molar-refractivity contribution is 5.76. The maximum atomic E-state index is 9.91. The molecule has 0 saturated heterocycles. The van der Waals surface area contributed by atoms with E-state index in [2.05, 4.69) is 11.4 Å². The van der Waals surface area contributed by atoms with Crippen LogP contribution >= 0.6 is 0 Å². The monoisotopic (exact) mass is 257 g/mol. The van der Waals surface area contributed by atoms with Crippen LogP contribution in [0.15, 0.2) is 30.3 Å². The lowest BCUT2D eigenvalue weighted by atomic mass is 9.95. The summed E-state index contributed by atoms with van der Waals surface area (Å²) in [6.07, 6.45) is 1.00. The summed E-state index contributed by atoms with van der Waals surface area (Å²) in [5.74, 6) is -1.09. The second-order valence-corrected chi connectivity index (χ2v) is 4.74. The first-order valence-corrected chi connectivity index (χ1v) is 6.23. The smallest absolute Gasteiger partial charge is 0.200 e. The number of fused-ring (bicyclic) bond motifs is 1. The van der Waals surface area contributed by atoms with Crippen LogP contribution in [0, 0.1) is 0 Å². The Hall–Kier alpha value is -2.20. The van der Waals surface area contributed by atoms with Gasteiger partial charge in [0.15, 0.2) is 11.5 Å². The first-order valence-electron chi connectivity index (χ1n) is 6.23. The Balaban J connectivity index is 2.10. The molecule has 4 nitrogen and oxygen atoms in total. The van der Waals surface area contributed by atoms with Crippen molar-refractivity contribution < 1.29 is 15.3 Å². The van der Waals surface area contributed by atoms with Crippen molar-refractivity contribution in [1.82, 2.24) is 5.32 Å². The zero-order valence-electron chi connectivity index (χ0n) is 10.3. The molecule has 0 aromatic heterocycles. The molecular formula is C15H15NO3. The van der Waals surface area contributed by atoms with Crippen molar-refractivity contribution in [3.05, 3.63) is 41.5 Å². The summed E-state index contributed by atoms with van der Waals surface area (Å²) in [7, 11) is 0. The van der Waals surface area contributed by atoms with Crippen LogP contribution < -0.4 is 5.32 Å². The molecule has 2 aromatic rings. The Morgan fingerprint density at radius 2 is 1.74 bits per heavy atom. The SMILES string of the molecule is Oc1ccc(-c2ccc3c(c2)CNCC3)c(O)c1O. The van der Waals surface area contributed by atoms with Crippen LogP contribution in [0.1, 0.15) is 11.1 Å². The number of benzene rings is 2. The van der Waals surface area contributed by atoms with E-state index in [1.807, 2.05) is 12.1 Å². The van der Waals surface area contributed by atoms with Gasteiger partial charge in [0.1, 0.15) is 0 Å². The van der Waals surface area contributed by atoms with Crippen molar-refractivity contribution >= 4 is 0 Å². The van der Waals surface area contributed by atoms with Crippen LogP contribution in [-0.2, 0) is 13.0 Å². The van der Waals surface area contributed by atoms with Gasteiger partial charge in [-0.15, -0.1) is 0 Å². The van der Waals surface area contributed by atoms with E-state index in [-0.39, 0.29) is 11.5 Å². The standard InChI is InChI=1S/C15H15NO3/c17-13-4-3-12(14(18)15(13)19)10-2-1-9-5-6-16-8-11(9)7-10/h1-4,7,16-19H,5-6,8H2. The number of phenols is 3. The largest absolute Gasteiger partial charge is 0.504 e. The number of hydrogen-bond donors (Lipinski definition) is 4. The van der Waals surface area contributed by atoms with E-state index in [0.717, 1.165) is 25.1 Å². The van der Waals surface area contributed by atoms with Gasteiger partial charge >= 0.3 is 0 Å². The molecule has 4 heteroatoms. The summed E-state index contributed by atoms with van der Waals surface area (Å²) in [6, 6.07) is 8.96. The summed E-state index contributed by atoms with van der Waals surface area (Å²) >= 11 is 0. The van der Waals surface area contributed by atoms with Crippen molar-refractivity contribution in [2.24, 2.45) is 0 Å². The zero-order valence-corrected chi connectivity index (χ0v) is 10.3. The molecule has 0 radical (unpaired) electrons. The van der Waals surface area contributed by atoms with E-state index < -0.39 is 5.75 Å². The number of hydrogen-bond acceptors (Lipinski definition) is 4. The second kappa shape index (κ2) is 4.48. The van der Waals surface area contributed by atoms with Crippen LogP contribution in [0.5, 0.6) is 17.2 Å². The highest BCUT2D eigenvalue weighted by Crippen LogP contribution is 2.42.